The fourth-order valence-electron chi connectivity index (χ4n) is 1.22. The topological polar surface area (TPSA) is 17.1 Å². The highest BCUT2D eigenvalue weighted by Crippen LogP contribution is 2.33. The second kappa shape index (κ2) is 4.37. The number of hydrogen-bond donors (Lipinski definition) is 0. The minimum atomic E-state index is 0.145. The van der Waals surface area contributed by atoms with E-state index in [4.69, 9.17) is 0 Å². The lowest BCUT2D eigenvalue weighted by Gasteiger charge is -2.12. The molecule has 0 radical (unpaired) electrons. The van der Waals surface area contributed by atoms with Gasteiger partial charge in [0.1, 0.15) is 0 Å². The fourth-order valence-corrected chi connectivity index (χ4v) is 1.75. The van der Waals surface area contributed by atoms with E-state index in [9.17, 15) is 4.57 Å². The van der Waals surface area contributed by atoms with E-state index in [0.29, 0.717) is 5.92 Å². The zero-order valence-electron chi connectivity index (χ0n) is 7.40. The van der Waals surface area contributed by atoms with Crippen LogP contribution in [0.5, 0.6) is 0 Å². The van der Waals surface area contributed by atoms with Crippen molar-refractivity contribution in [1.82, 2.24) is 0 Å². The average molecular weight is 180 g/mol. The van der Waals surface area contributed by atoms with Crippen LogP contribution >= 0.6 is 8.46 Å². The van der Waals surface area contributed by atoms with E-state index in [0.717, 1.165) is 5.56 Å². The quantitative estimate of drug-likeness (QED) is 0.648. The van der Waals surface area contributed by atoms with Crippen LogP contribution in [0.2, 0.25) is 0 Å². The summed E-state index contributed by atoms with van der Waals surface area (Å²) in [4.78, 5) is 0. The van der Waals surface area contributed by atoms with Crippen molar-refractivity contribution in [2.45, 2.75) is 19.5 Å². The first-order valence-corrected chi connectivity index (χ1v) is 5.01. The summed E-state index contributed by atoms with van der Waals surface area (Å²) in [7, 11) is 0.219. The van der Waals surface area contributed by atoms with Gasteiger partial charge in [-0.1, -0.05) is 44.2 Å². The van der Waals surface area contributed by atoms with E-state index in [1.165, 1.54) is 0 Å². The second-order valence-corrected chi connectivity index (χ2v) is 3.97. The minimum absolute atomic E-state index is 0.145. The summed E-state index contributed by atoms with van der Waals surface area (Å²) in [6.07, 6.45) is 0. The molecular formula is C10H13OP. The van der Waals surface area contributed by atoms with Crippen LogP contribution in [0.3, 0.4) is 0 Å². The highest BCUT2D eigenvalue weighted by Gasteiger charge is 2.14. The van der Waals surface area contributed by atoms with Gasteiger partial charge in [0.25, 0.3) is 0 Å². The molecular weight excluding hydrogens is 167 g/mol. The molecule has 0 aromatic heterocycles. The molecule has 0 aliphatic carbocycles. The summed E-state index contributed by atoms with van der Waals surface area (Å²) in [5, 5.41) is 0. The molecule has 2 heteroatoms. The van der Waals surface area contributed by atoms with Gasteiger partial charge >= 0.3 is 0 Å². The van der Waals surface area contributed by atoms with Crippen molar-refractivity contribution >= 4 is 8.46 Å². The van der Waals surface area contributed by atoms with Crippen LogP contribution in [0.1, 0.15) is 25.1 Å². The van der Waals surface area contributed by atoms with Crippen LogP contribution in [0, 0.1) is 5.92 Å². The standard InChI is InChI=1S/C10H13OP/c1-8(2)10(12-11)9-6-4-3-5-7-9/h3-8,10H,1-2H3. The van der Waals surface area contributed by atoms with E-state index in [1.54, 1.807) is 0 Å². The Morgan fingerprint density at radius 3 is 2.17 bits per heavy atom. The molecule has 1 nitrogen and oxygen atoms in total. The molecule has 0 N–H and O–H groups in total. The Morgan fingerprint density at radius 2 is 1.75 bits per heavy atom. The zero-order chi connectivity index (χ0) is 8.97. The Kier molecular flexibility index (Phi) is 3.43. The second-order valence-electron chi connectivity index (χ2n) is 3.20. The van der Waals surface area contributed by atoms with Gasteiger partial charge in [-0.2, -0.15) is 0 Å². The summed E-state index contributed by atoms with van der Waals surface area (Å²) in [5.74, 6) is 0.423. The maximum absolute atomic E-state index is 10.8. The van der Waals surface area contributed by atoms with Gasteiger partial charge in [0.2, 0.25) is 0 Å². The van der Waals surface area contributed by atoms with Crippen molar-refractivity contribution in [2.24, 2.45) is 5.92 Å². The average Bonchev–Trinajstić information content (AvgIpc) is 2.07. The Balaban J connectivity index is 2.88. The zero-order valence-corrected chi connectivity index (χ0v) is 8.29. The van der Waals surface area contributed by atoms with Gasteiger partial charge in [-0.3, -0.25) is 4.57 Å². The Hall–Kier alpha value is -0.680. The predicted octanol–water partition coefficient (Wildman–Crippen LogP) is 3.68. The monoisotopic (exact) mass is 180 g/mol. The van der Waals surface area contributed by atoms with E-state index in [-0.39, 0.29) is 14.1 Å². The van der Waals surface area contributed by atoms with Crippen molar-refractivity contribution in [3.63, 3.8) is 0 Å². The molecule has 1 rings (SSSR count). The summed E-state index contributed by atoms with van der Waals surface area (Å²) < 4.78 is 10.8. The summed E-state index contributed by atoms with van der Waals surface area (Å²) in [6, 6.07) is 9.99. The van der Waals surface area contributed by atoms with E-state index < -0.39 is 0 Å². The minimum Gasteiger partial charge on any atom is -0.274 e. The third-order valence-electron chi connectivity index (χ3n) is 1.89. The van der Waals surface area contributed by atoms with Gasteiger partial charge in [0, 0.05) is 0 Å². The Bertz CT molecular complexity index is 243. The molecule has 1 aromatic carbocycles. The molecule has 1 atom stereocenters. The Labute approximate surface area is 75.0 Å². The molecule has 0 amide bonds. The van der Waals surface area contributed by atoms with Crippen LogP contribution in [0.25, 0.3) is 0 Å². The molecule has 0 spiro atoms. The van der Waals surface area contributed by atoms with E-state index >= 15 is 0 Å². The van der Waals surface area contributed by atoms with Crippen molar-refractivity contribution in [2.75, 3.05) is 0 Å². The smallest absolute Gasteiger partial charge is 0.163 e. The molecule has 64 valence electrons. The summed E-state index contributed by atoms with van der Waals surface area (Å²) in [6.45, 7) is 4.17. The SMILES string of the molecule is CC(C)C(P=O)c1ccccc1. The molecule has 0 aliphatic heterocycles. The van der Waals surface area contributed by atoms with Gasteiger partial charge in [-0.05, 0) is 11.5 Å². The highest BCUT2D eigenvalue weighted by molar-refractivity contribution is 7.24. The predicted molar refractivity (Wildman–Crippen MR) is 51.6 cm³/mol. The van der Waals surface area contributed by atoms with Gasteiger partial charge in [0.15, 0.2) is 8.46 Å². The van der Waals surface area contributed by atoms with Crippen LogP contribution < -0.4 is 0 Å². The molecule has 1 unspecified atom stereocenters. The van der Waals surface area contributed by atoms with Crippen LogP contribution in [0.15, 0.2) is 30.3 Å². The molecule has 0 saturated carbocycles. The van der Waals surface area contributed by atoms with Gasteiger partial charge in [0.05, 0.1) is 5.66 Å². The van der Waals surface area contributed by atoms with Crippen molar-refractivity contribution in [1.29, 1.82) is 0 Å². The van der Waals surface area contributed by atoms with Gasteiger partial charge < -0.3 is 0 Å². The first-order valence-electron chi connectivity index (χ1n) is 4.13. The van der Waals surface area contributed by atoms with Crippen molar-refractivity contribution < 1.29 is 4.57 Å². The summed E-state index contributed by atoms with van der Waals surface area (Å²) in [5.41, 5.74) is 1.30. The number of benzene rings is 1. The maximum Gasteiger partial charge on any atom is 0.163 e. The lowest BCUT2D eigenvalue weighted by molar-refractivity contribution is 0.562. The van der Waals surface area contributed by atoms with Crippen molar-refractivity contribution in [3.05, 3.63) is 35.9 Å². The number of rotatable bonds is 3. The molecule has 0 bridgehead atoms. The fraction of sp³-hybridized carbons (Fsp3) is 0.400. The maximum atomic E-state index is 10.8. The van der Waals surface area contributed by atoms with Crippen LogP contribution in [-0.4, -0.2) is 0 Å². The molecule has 0 heterocycles. The first kappa shape index (κ1) is 9.41. The molecule has 12 heavy (non-hydrogen) atoms. The van der Waals surface area contributed by atoms with Crippen LogP contribution in [-0.2, 0) is 4.57 Å². The molecule has 0 aliphatic rings. The highest BCUT2D eigenvalue weighted by atomic mass is 31.1. The van der Waals surface area contributed by atoms with E-state index in [1.807, 2.05) is 30.3 Å². The molecule has 0 saturated heterocycles. The van der Waals surface area contributed by atoms with Gasteiger partial charge in [-0.25, -0.2) is 0 Å². The number of hydrogen-bond acceptors (Lipinski definition) is 1. The van der Waals surface area contributed by atoms with Crippen LogP contribution in [0.4, 0.5) is 0 Å². The summed E-state index contributed by atoms with van der Waals surface area (Å²) >= 11 is 0. The lowest BCUT2D eigenvalue weighted by atomic mass is 10.0. The normalized spacial score (nSPS) is 13.6. The largest absolute Gasteiger partial charge is 0.274 e. The third kappa shape index (κ3) is 2.15. The first-order chi connectivity index (χ1) is 5.75. The van der Waals surface area contributed by atoms with E-state index in [2.05, 4.69) is 13.8 Å². The van der Waals surface area contributed by atoms with Gasteiger partial charge in [-0.15, -0.1) is 0 Å². The Morgan fingerprint density at radius 1 is 1.17 bits per heavy atom. The lowest BCUT2D eigenvalue weighted by Crippen LogP contribution is -1.98. The molecule has 1 aromatic rings. The molecule has 0 fully saturated rings. The van der Waals surface area contributed by atoms with Crippen molar-refractivity contribution in [3.8, 4) is 0 Å². The third-order valence-corrected chi connectivity index (χ3v) is 3.01.